The van der Waals surface area contributed by atoms with Crippen molar-refractivity contribution in [3.63, 3.8) is 0 Å². The minimum Gasteiger partial charge on any atom is -0.438 e. The van der Waals surface area contributed by atoms with Gasteiger partial charge < -0.3 is 14.5 Å². The molecule has 0 aliphatic carbocycles. The summed E-state index contributed by atoms with van der Waals surface area (Å²) in [5.41, 5.74) is 2.12. The molecule has 7 heteroatoms. The topological polar surface area (TPSA) is 93.0 Å². The molecule has 0 saturated carbocycles. The Bertz CT molecular complexity index is 833. The Morgan fingerprint density at radius 3 is 2.52 bits per heavy atom. The number of hydrogen-bond acceptors (Lipinski definition) is 5. The average molecular weight is 312 g/mol. The Labute approximate surface area is 132 Å². The molecule has 1 amide bonds. The van der Waals surface area contributed by atoms with E-state index in [9.17, 15) is 4.79 Å². The molecule has 2 aromatic heterocycles. The molecule has 3 rings (SSSR count). The zero-order valence-corrected chi connectivity index (χ0v) is 13.0. The summed E-state index contributed by atoms with van der Waals surface area (Å²) in [6.07, 6.45) is 0. The summed E-state index contributed by atoms with van der Waals surface area (Å²) in [5.74, 6) is 1.47. The number of amides is 1. The Morgan fingerprint density at radius 2 is 1.96 bits per heavy atom. The molecular formula is C16H16N4O3. The number of aromatic nitrogens is 3. The lowest BCUT2D eigenvalue weighted by atomic mass is 10.3. The molecule has 7 nitrogen and oxygen atoms in total. The van der Waals surface area contributed by atoms with E-state index in [1.54, 1.807) is 44.2 Å². The quantitative estimate of drug-likeness (QED) is 0.770. The summed E-state index contributed by atoms with van der Waals surface area (Å²) in [5, 5.41) is 9.56. The third kappa shape index (κ3) is 3.39. The lowest BCUT2D eigenvalue weighted by molar-refractivity contribution is 0.0994. The Hall–Kier alpha value is -3.09. The normalized spacial score (nSPS) is 10.6. The zero-order valence-electron chi connectivity index (χ0n) is 13.0. The van der Waals surface area contributed by atoms with Gasteiger partial charge in [-0.2, -0.15) is 0 Å². The maximum absolute atomic E-state index is 12.1. The molecule has 0 radical (unpaired) electrons. The van der Waals surface area contributed by atoms with Gasteiger partial charge in [0.1, 0.15) is 5.75 Å². The van der Waals surface area contributed by atoms with Crippen LogP contribution in [0.15, 0.2) is 34.7 Å². The molecule has 0 fully saturated rings. The molecule has 3 aromatic rings. The second-order valence-corrected chi connectivity index (χ2v) is 5.12. The SMILES string of the molecule is Cc1cc(Oc2ccc(NC(=O)c3oc(C)nc3C)cc2)n[nH]1. The standard InChI is InChI=1S/C16H16N4O3/c1-9-8-14(20-19-9)23-13-6-4-12(5-7-13)18-16(21)15-10(2)17-11(3)22-15/h4-8H,1-3H3,(H,18,21)(H,19,20). The summed E-state index contributed by atoms with van der Waals surface area (Å²) in [6.45, 7) is 5.33. The van der Waals surface area contributed by atoms with Gasteiger partial charge in [-0.25, -0.2) is 4.98 Å². The predicted octanol–water partition coefficient (Wildman–Crippen LogP) is 3.37. The number of carbonyl (C=O) groups is 1. The van der Waals surface area contributed by atoms with Gasteiger partial charge in [0.05, 0.1) is 5.69 Å². The number of aryl methyl sites for hydroxylation is 3. The highest BCUT2D eigenvalue weighted by atomic mass is 16.5. The molecule has 0 bridgehead atoms. The number of benzene rings is 1. The number of nitrogens with zero attached hydrogens (tertiary/aromatic N) is 2. The van der Waals surface area contributed by atoms with Crippen molar-refractivity contribution in [3.05, 3.63) is 53.4 Å². The number of aromatic amines is 1. The van der Waals surface area contributed by atoms with Crippen LogP contribution >= 0.6 is 0 Å². The van der Waals surface area contributed by atoms with Gasteiger partial charge in [-0.1, -0.05) is 0 Å². The largest absolute Gasteiger partial charge is 0.438 e. The van der Waals surface area contributed by atoms with Crippen LogP contribution in [0.3, 0.4) is 0 Å². The summed E-state index contributed by atoms with van der Waals surface area (Å²) >= 11 is 0. The van der Waals surface area contributed by atoms with Crippen molar-refractivity contribution >= 4 is 11.6 Å². The van der Waals surface area contributed by atoms with Crippen molar-refractivity contribution in [1.82, 2.24) is 15.2 Å². The first-order chi connectivity index (χ1) is 11.0. The zero-order chi connectivity index (χ0) is 16.4. The average Bonchev–Trinajstić information content (AvgIpc) is 3.06. The van der Waals surface area contributed by atoms with Gasteiger partial charge in [-0.15, -0.1) is 5.10 Å². The minimum atomic E-state index is -0.334. The van der Waals surface area contributed by atoms with E-state index in [4.69, 9.17) is 9.15 Å². The number of rotatable bonds is 4. The summed E-state index contributed by atoms with van der Waals surface area (Å²) in [6, 6.07) is 8.78. The second-order valence-electron chi connectivity index (χ2n) is 5.12. The smallest absolute Gasteiger partial charge is 0.293 e. The molecule has 2 N–H and O–H groups in total. The summed E-state index contributed by atoms with van der Waals surface area (Å²) < 4.78 is 10.9. The van der Waals surface area contributed by atoms with Gasteiger partial charge >= 0.3 is 0 Å². The molecule has 0 saturated heterocycles. The van der Waals surface area contributed by atoms with E-state index in [0.29, 0.717) is 28.9 Å². The highest BCUT2D eigenvalue weighted by Gasteiger charge is 2.16. The van der Waals surface area contributed by atoms with Crippen molar-refractivity contribution < 1.29 is 13.9 Å². The maximum atomic E-state index is 12.1. The van der Waals surface area contributed by atoms with Crippen LogP contribution in [0.5, 0.6) is 11.6 Å². The molecular weight excluding hydrogens is 296 g/mol. The highest BCUT2D eigenvalue weighted by Crippen LogP contribution is 2.22. The number of anilines is 1. The molecule has 23 heavy (non-hydrogen) atoms. The fourth-order valence-corrected chi connectivity index (χ4v) is 2.10. The number of carbonyl (C=O) groups excluding carboxylic acids is 1. The van der Waals surface area contributed by atoms with Crippen LogP contribution in [-0.4, -0.2) is 21.1 Å². The molecule has 0 atom stereocenters. The van der Waals surface area contributed by atoms with Crippen LogP contribution in [-0.2, 0) is 0 Å². The van der Waals surface area contributed by atoms with E-state index in [-0.39, 0.29) is 11.7 Å². The van der Waals surface area contributed by atoms with Gasteiger partial charge in [0.2, 0.25) is 11.6 Å². The number of oxazole rings is 1. The second kappa shape index (κ2) is 5.96. The van der Waals surface area contributed by atoms with E-state index in [1.165, 1.54) is 0 Å². The van der Waals surface area contributed by atoms with E-state index in [0.717, 1.165) is 5.69 Å². The van der Waals surface area contributed by atoms with Crippen molar-refractivity contribution in [2.45, 2.75) is 20.8 Å². The van der Waals surface area contributed by atoms with Crippen LogP contribution in [0.2, 0.25) is 0 Å². The molecule has 0 unspecified atom stereocenters. The van der Waals surface area contributed by atoms with Crippen molar-refractivity contribution in [1.29, 1.82) is 0 Å². The molecule has 2 heterocycles. The van der Waals surface area contributed by atoms with Crippen LogP contribution in [0.25, 0.3) is 0 Å². The fourth-order valence-electron chi connectivity index (χ4n) is 2.10. The van der Waals surface area contributed by atoms with Gasteiger partial charge in [-0.3, -0.25) is 9.89 Å². The van der Waals surface area contributed by atoms with Crippen LogP contribution in [0.4, 0.5) is 5.69 Å². The van der Waals surface area contributed by atoms with Gasteiger partial charge in [-0.05, 0) is 38.1 Å². The monoisotopic (exact) mass is 312 g/mol. The highest BCUT2D eigenvalue weighted by molar-refractivity contribution is 6.02. The van der Waals surface area contributed by atoms with Gasteiger partial charge in [0.25, 0.3) is 5.91 Å². The Balaban J connectivity index is 1.67. The third-order valence-corrected chi connectivity index (χ3v) is 3.13. The van der Waals surface area contributed by atoms with Gasteiger partial charge in [0, 0.05) is 24.4 Å². The van der Waals surface area contributed by atoms with E-state index in [2.05, 4.69) is 20.5 Å². The van der Waals surface area contributed by atoms with E-state index in [1.807, 2.05) is 6.92 Å². The molecule has 0 spiro atoms. The molecule has 0 aliphatic rings. The summed E-state index contributed by atoms with van der Waals surface area (Å²) in [4.78, 5) is 16.2. The van der Waals surface area contributed by atoms with Crippen molar-refractivity contribution in [2.75, 3.05) is 5.32 Å². The van der Waals surface area contributed by atoms with Crippen molar-refractivity contribution in [3.8, 4) is 11.6 Å². The third-order valence-electron chi connectivity index (χ3n) is 3.13. The first-order valence-electron chi connectivity index (χ1n) is 7.06. The van der Waals surface area contributed by atoms with Crippen molar-refractivity contribution in [2.24, 2.45) is 0 Å². The first kappa shape index (κ1) is 14.8. The Morgan fingerprint density at radius 1 is 1.22 bits per heavy atom. The number of nitrogens with one attached hydrogen (secondary N) is 2. The van der Waals surface area contributed by atoms with E-state index < -0.39 is 0 Å². The molecule has 0 aliphatic heterocycles. The lowest BCUT2D eigenvalue weighted by Gasteiger charge is -2.05. The summed E-state index contributed by atoms with van der Waals surface area (Å²) in [7, 11) is 0. The van der Waals surface area contributed by atoms with E-state index >= 15 is 0 Å². The minimum absolute atomic E-state index is 0.217. The number of ether oxygens (including phenoxy) is 1. The molecule has 118 valence electrons. The van der Waals surface area contributed by atoms with Crippen LogP contribution in [0, 0.1) is 20.8 Å². The van der Waals surface area contributed by atoms with Crippen LogP contribution in [0.1, 0.15) is 27.8 Å². The predicted molar refractivity (Wildman–Crippen MR) is 83.8 cm³/mol. The van der Waals surface area contributed by atoms with Gasteiger partial charge in [0.15, 0.2) is 5.89 Å². The maximum Gasteiger partial charge on any atom is 0.293 e. The fraction of sp³-hybridized carbons (Fsp3) is 0.188. The molecule has 1 aromatic carbocycles. The van der Waals surface area contributed by atoms with Crippen LogP contribution < -0.4 is 10.1 Å². The number of hydrogen-bond donors (Lipinski definition) is 2. The lowest BCUT2D eigenvalue weighted by Crippen LogP contribution is -2.12. The number of H-pyrrole nitrogens is 1. The Kier molecular flexibility index (Phi) is 3.84. The first-order valence-corrected chi connectivity index (χ1v) is 7.06.